The number of nitrogens with zero attached hydrogens (tertiary/aromatic N) is 2. The molecule has 0 radical (unpaired) electrons. The number of benzene rings is 2. The van der Waals surface area contributed by atoms with Crippen LogP contribution in [-0.2, 0) is 0 Å². The van der Waals surface area contributed by atoms with Gasteiger partial charge in [0.2, 0.25) is 0 Å². The molecular weight excluding hydrogens is 312 g/mol. The largest absolute Gasteiger partial charge is 0.274 e. The van der Waals surface area contributed by atoms with Gasteiger partial charge in [-0.2, -0.15) is 5.26 Å². The highest BCUT2D eigenvalue weighted by atomic mass is 35.5. The van der Waals surface area contributed by atoms with Crippen LogP contribution in [-0.4, -0.2) is 4.92 Å². The van der Waals surface area contributed by atoms with Crippen molar-refractivity contribution in [2.24, 2.45) is 0 Å². The number of halogens is 1. The molecule has 0 aromatic heterocycles. The van der Waals surface area contributed by atoms with E-state index >= 15 is 0 Å². The first-order valence-electron chi connectivity index (χ1n) is 7.07. The van der Waals surface area contributed by atoms with E-state index in [0.29, 0.717) is 17.0 Å². The second-order valence-electron chi connectivity index (χ2n) is 5.25. The number of hydrogen-bond donors (Lipinski definition) is 0. The van der Waals surface area contributed by atoms with E-state index in [0.717, 1.165) is 11.1 Å². The highest BCUT2D eigenvalue weighted by Gasteiger charge is 2.22. The summed E-state index contributed by atoms with van der Waals surface area (Å²) in [5.41, 5.74) is 2.28. The molecule has 5 heteroatoms. The number of allylic oxidation sites excluding steroid dienone is 1. The summed E-state index contributed by atoms with van der Waals surface area (Å²) in [6.45, 7) is 1.91. The zero-order valence-corrected chi connectivity index (χ0v) is 13.3. The fourth-order valence-corrected chi connectivity index (χ4v) is 2.59. The van der Waals surface area contributed by atoms with Gasteiger partial charge in [0, 0.05) is 16.7 Å². The maximum Gasteiger partial charge on any atom is 0.274 e. The molecule has 0 fully saturated rings. The first-order chi connectivity index (χ1) is 11.0. The van der Waals surface area contributed by atoms with E-state index < -0.39 is 10.8 Å². The minimum absolute atomic E-state index is 0.0755. The number of hydrogen-bond acceptors (Lipinski definition) is 3. The van der Waals surface area contributed by atoms with Gasteiger partial charge in [0.05, 0.1) is 16.9 Å². The average Bonchev–Trinajstić information content (AvgIpc) is 2.53. The first-order valence-corrected chi connectivity index (χ1v) is 7.44. The Bertz CT molecular complexity index is 779. The Balaban J connectivity index is 2.31. The second kappa shape index (κ2) is 7.57. The Morgan fingerprint density at radius 1 is 1.35 bits per heavy atom. The molecule has 2 rings (SSSR count). The summed E-state index contributed by atoms with van der Waals surface area (Å²) in [6, 6.07) is 16.2. The normalized spacial score (nSPS) is 12.5. The zero-order chi connectivity index (χ0) is 16.8. The Kier molecular flexibility index (Phi) is 5.51. The molecule has 2 aromatic carbocycles. The lowest BCUT2D eigenvalue weighted by Gasteiger charge is -2.11. The van der Waals surface area contributed by atoms with Crippen LogP contribution in [0.5, 0.6) is 0 Å². The van der Waals surface area contributed by atoms with Gasteiger partial charge >= 0.3 is 0 Å². The summed E-state index contributed by atoms with van der Waals surface area (Å²) >= 11 is 5.94. The van der Waals surface area contributed by atoms with Crippen molar-refractivity contribution in [2.75, 3.05) is 0 Å². The molecule has 0 aliphatic carbocycles. The van der Waals surface area contributed by atoms with Crippen molar-refractivity contribution in [1.82, 2.24) is 0 Å². The third-order valence-corrected chi connectivity index (χ3v) is 3.69. The van der Waals surface area contributed by atoms with E-state index in [9.17, 15) is 15.4 Å². The van der Waals surface area contributed by atoms with Crippen molar-refractivity contribution < 1.29 is 4.92 Å². The van der Waals surface area contributed by atoms with E-state index in [1.165, 1.54) is 18.2 Å². The van der Waals surface area contributed by atoms with Gasteiger partial charge in [0.1, 0.15) is 0 Å². The maximum atomic E-state index is 11.2. The summed E-state index contributed by atoms with van der Waals surface area (Å²) < 4.78 is 0. The lowest BCUT2D eigenvalue weighted by Crippen LogP contribution is -2.02. The van der Waals surface area contributed by atoms with Crippen molar-refractivity contribution in [3.05, 3.63) is 80.4 Å². The van der Waals surface area contributed by atoms with Crippen LogP contribution < -0.4 is 0 Å². The smallest absolute Gasteiger partial charge is 0.258 e. The molecule has 23 heavy (non-hydrogen) atoms. The molecule has 0 bridgehead atoms. The summed E-state index contributed by atoms with van der Waals surface area (Å²) in [4.78, 5) is 10.7. The standard InChI is InChI=1S/C18H15ClN2O2/c1-13(9-14-5-3-2-4-6-14)10-15(12-20)17-11-16(19)7-8-18(17)21(22)23/h2-9,11,15H,10H2,1H3/b13-9+. The summed E-state index contributed by atoms with van der Waals surface area (Å²) in [5, 5.41) is 21.0. The van der Waals surface area contributed by atoms with Crippen LogP contribution in [0.1, 0.15) is 30.4 Å². The monoisotopic (exact) mass is 326 g/mol. The number of nitriles is 1. The van der Waals surface area contributed by atoms with Crippen LogP contribution in [0.4, 0.5) is 5.69 Å². The highest BCUT2D eigenvalue weighted by molar-refractivity contribution is 6.30. The second-order valence-corrected chi connectivity index (χ2v) is 5.68. The lowest BCUT2D eigenvalue weighted by molar-refractivity contribution is -0.385. The number of nitro groups is 1. The number of nitro benzene ring substituents is 1. The molecule has 2 aromatic rings. The maximum absolute atomic E-state index is 11.2. The molecule has 0 aliphatic rings. The van der Waals surface area contributed by atoms with Gasteiger partial charge in [0.15, 0.2) is 0 Å². The van der Waals surface area contributed by atoms with E-state index in [-0.39, 0.29) is 5.69 Å². The minimum atomic E-state index is -0.617. The minimum Gasteiger partial charge on any atom is -0.258 e. The van der Waals surface area contributed by atoms with E-state index in [4.69, 9.17) is 11.6 Å². The van der Waals surface area contributed by atoms with Crippen LogP contribution in [0, 0.1) is 21.4 Å². The zero-order valence-electron chi connectivity index (χ0n) is 12.6. The Hall–Kier alpha value is -2.64. The molecule has 0 aliphatic heterocycles. The van der Waals surface area contributed by atoms with Crippen molar-refractivity contribution in [2.45, 2.75) is 19.3 Å². The van der Waals surface area contributed by atoms with Crippen molar-refractivity contribution in [1.29, 1.82) is 5.26 Å². The molecule has 0 amide bonds. The van der Waals surface area contributed by atoms with Crippen molar-refractivity contribution in [3.8, 4) is 6.07 Å². The van der Waals surface area contributed by atoms with Crippen LogP contribution in [0.2, 0.25) is 5.02 Å². The van der Waals surface area contributed by atoms with Gasteiger partial charge in [-0.05, 0) is 31.0 Å². The number of rotatable bonds is 5. The Morgan fingerprint density at radius 3 is 2.65 bits per heavy atom. The van der Waals surface area contributed by atoms with Crippen LogP contribution in [0.3, 0.4) is 0 Å². The molecule has 0 heterocycles. The predicted molar refractivity (Wildman–Crippen MR) is 91.2 cm³/mol. The molecule has 1 atom stereocenters. The molecule has 1 unspecified atom stereocenters. The molecule has 4 nitrogen and oxygen atoms in total. The molecular formula is C18H15ClN2O2. The highest BCUT2D eigenvalue weighted by Crippen LogP contribution is 2.33. The Morgan fingerprint density at radius 2 is 2.04 bits per heavy atom. The molecule has 0 saturated carbocycles. The first kappa shape index (κ1) is 16.7. The van der Waals surface area contributed by atoms with E-state index in [1.54, 1.807) is 0 Å². The van der Waals surface area contributed by atoms with Crippen molar-refractivity contribution in [3.63, 3.8) is 0 Å². The summed E-state index contributed by atoms with van der Waals surface area (Å²) in [6.07, 6.45) is 2.38. The van der Waals surface area contributed by atoms with Crippen LogP contribution in [0.25, 0.3) is 6.08 Å². The summed E-state index contributed by atoms with van der Waals surface area (Å²) in [5.74, 6) is -0.617. The van der Waals surface area contributed by atoms with Gasteiger partial charge in [0.25, 0.3) is 5.69 Å². The topological polar surface area (TPSA) is 66.9 Å². The molecule has 0 N–H and O–H groups in total. The summed E-state index contributed by atoms with van der Waals surface area (Å²) in [7, 11) is 0. The predicted octanol–water partition coefficient (Wildman–Crippen LogP) is 5.35. The molecule has 0 spiro atoms. The lowest BCUT2D eigenvalue weighted by atomic mass is 9.91. The SMILES string of the molecule is C/C(=C\c1ccccc1)CC(C#N)c1cc(Cl)ccc1[N+](=O)[O-]. The van der Waals surface area contributed by atoms with Gasteiger partial charge in [-0.1, -0.05) is 53.6 Å². The quantitative estimate of drug-likeness (QED) is 0.549. The molecule has 0 saturated heterocycles. The third kappa shape index (κ3) is 4.41. The Labute approximate surface area is 139 Å². The van der Waals surface area contributed by atoms with Crippen LogP contribution >= 0.6 is 11.6 Å². The fourth-order valence-electron chi connectivity index (χ4n) is 2.41. The van der Waals surface area contributed by atoms with E-state index in [1.807, 2.05) is 43.3 Å². The van der Waals surface area contributed by atoms with E-state index in [2.05, 4.69) is 6.07 Å². The fraction of sp³-hybridized carbons (Fsp3) is 0.167. The average molecular weight is 327 g/mol. The van der Waals surface area contributed by atoms with Crippen molar-refractivity contribution >= 4 is 23.4 Å². The van der Waals surface area contributed by atoms with Crippen LogP contribution in [0.15, 0.2) is 54.1 Å². The van der Waals surface area contributed by atoms with Gasteiger partial charge in [-0.3, -0.25) is 10.1 Å². The molecule has 116 valence electrons. The third-order valence-electron chi connectivity index (χ3n) is 3.46. The van der Waals surface area contributed by atoms with Gasteiger partial charge < -0.3 is 0 Å². The van der Waals surface area contributed by atoms with Gasteiger partial charge in [-0.25, -0.2) is 0 Å². The van der Waals surface area contributed by atoms with Gasteiger partial charge in [-0.15, -0.1) is 0 Å².